The standard InChI is InChI=1S/C13H15N3O2/c1-2-12-13(18-9-17-12)5-10(1)6-14-4-3-11-7-15-8-16-11/h1-2,5,7-8,14H,3-4,6,9H2,(H,15,16). The molecule has 0 saturated carbocycles. The minimum atomic E-state index is 0.325. The molecule has 1 aliphatic rings. The molecule has 0 radical (unpaired) electrons. The molecule has 94 valence electrons. The highest BCUT2D eigenvalue weighted by Crippen LogP contribution is 2.32. The number of hydrogen-bond donors (Lipinski definition) is 2. The lowest BCUT2D eigenvalue weighted by molar-refractivity contribution is 0.174. The number of ether oxygens (including phenoxy) is 2. The van der Waals surface area contributed by atoms with Crippen molar-refractivity contribution in [3.8, 4) is 11.5 Å². The van der Waals surface area contributed by atoms with E-state index in [1.807, 2.05) is 18.3 Å². The lowest BCUT2D eigenvalue weighted by atomic mass is 10.2. The quantitative estimate of drug-likeness (QED) is 0.783. The highest BCUT2D eigenvalue weighted by atomic mass is 16.7. The van der Waals surface area contributed by atoms with Crippen LogP contribution in [0.1, 0.15) is 11.3 Å². The average molecular weight is 245 g/mol. The van der Waals surface area contributed by atoms with Gasteiger partial charge in [-0.15, -0.1) is 0 Å². The molecule has 0 aliphatic carbocycles. The summed E-state index contributed by atoms with van der Waals surface area (Å²) < 4.78 is 10.6. The molecule has 1 aliphatic heterocycles. The van der Waals surface area contributed by atoms with Gasteiger partial charge in [-0.05, 0) is 17.7 Å². The van der Waals surface area contributed by atoms with Crippen LogP contribution in [0.25, 0.3) is 0 Å². The van der Waals surface area contributed by atoms with Gasteiger partial charge in [0.05, 0.1) is 6.33 Å². The third-order valence-corrected chi connectivity index (χ3v) is 2.89. The van der Waals surface area contributed by atoms with Crippen molar-refractivity contribution in [2.75, 3.05) is 13.3 Å². The van der Waals surface area contributed by atoms with Crippen molar-refractivity contribution in [3.05, 3.63) is 42.0 Å². The van der Waals surface area contributed by atoms with Gasteiger partial charge in [-0.1, -0.05) is 6.07 Å². The van der Waals surface area contributed by atoms with Gasteiger partial charge in [-0.3, -0.25) is 0 Å². The molecule has 2 heterocycles. The van der Waals surface area contributed by atoms with Crippen LogP contribution in [0, 0.1) is 0 Å². The lowest BCUT2D eigenvalue weighted by Crippen LogP contribution is -2.16. The van der Waals surface area contributed by atoms with Gasteiger partial charge in [0, 0.05) is 31.4 Å². The number of hydrogen-bond acceptors (Lipinski definition) is 4. The van der Waals surface area contributed by atoms with Gasteiger partial charge in [0.1, 0.15) is 0 Å². The minimum Gasteiger partial charge on any atom is -0.454 e. The molecule has 1 aromatic carbocycles. The van der Waals surface area contributed by atoms with Gasteiger partial charge < -0.3 is 19.8 Å². The summed E-state index contributed by atoms with van der Waals surface area (Å²) in [5, 5.41) is 3.39. The van der Waals surface area contributed by atoms with Crippen molar-refractivity contribution >= 4 is 0 Å². The molecule has 5 heteroatoms. The fourth-order valence-corrected chi connectivity index (χ4v) is 1.93. The Morgan fingerprint density at radius 1 is 1.28 bits per heavy atom. The molecule has 0 spiro atoms. The maximum Gasteiger partial charge on any atom is 0.231 e. The van der Waals surface area contributed by atoms with Crippen LogP contribution >= 0.6 is 0 Å². The normalized spacial score (nSPS) is 12.9. The number of H-pyrrole nitrogens is 1. The largest absolute Gasteiger partial charge is 0.454 e. The maximum absolute atomic E-state index is 5.34. The van der Waals surface area contributed by atoms with Crippen molar-refractivity contribution in [1.29, 1.82) is 0 Å². The third kappa shape index (κ3) is 2.46. The third-order valence-electron chi connectivity index (χ3n) is 2.89. The number of aromatic amines is 1. The summed E-state index contributed by atoms with van der Waals surface area (Å²) in [5.41, 5.74) is 2.34. The van der Waals surface area contributed by atoms with Crippen molar-refractivity contribution in [1.82, 2.24) is 15.3 Å². The Hall–Kier alpha value is -2.01. The van der Waals surface area contributed by atoms with E-state index < -0.39 is 0 Å². The molecule has 0 amide bonds. The first kappa shape index (κ1) is 11.1. The topological polar surface area (TPSA) is 59.2 Å². The maximum atomic E-state index is 5.34. The van der Waals surface area contributed by atoms with E-state index in [0.717, 1.165) is 36.7 Å². The number of rotatable bonds is 5. The zero-order valence-corrected chi connectivity index (χ0v) is 9.98. The fourth-order valence-electron chi connectivity index (χ4n) is 1.93. The average Bonchev–Trinajstić information content (AvgIpc) is 3.05. The van der Waals surface area contributed by atoms with Crippen molar-refractivity contribution in [3.63, 3.8) is 0 Å². The van der Waals surface area contributed by atoms with Crippen LogP contribution in [0.4, 0.5) is 0 Å². The van der Waals surface area contributed by atoms with Crippen LogP contribution in [-0.2, 0) is 13.0 Å². The van der Waals surface area contributed by atoms with E-state index in [2.05, 4.69) is 21.4 Å². The molecule has 0 bridgehead atoms. The number of aromatic nitrogens is 2. The summed E-state index contributed by atoms with van der Waals surface area (Å²) in [6.45, 7) is 2.06. The summed E-state index contributed by atoms with van der Waals surface area (Å²) in [5.74, 6) is 1.67. The van der Waals surface area contributed by atoms with E-state index in [9.17, 15) is 0 Å². The molecular weight excluding hydrogens is 230 g/mol. The minimum absolute atomic E-state index is 0.325. The van der Waals surface area contributed by atoms with Gasteiger partial charge in [-0.2, -0.15) is 0 Å². The van der Waals surface area contributed by atoms with Crippen LogP contribution in [0.2, 0.25) is 0 Å². The zero-order chi connectivity index (χ0) is 12.2. The molecule has 0 fully saturated rings. The molecule has 2 N–H and O–H groups in total. The number of fused-ring (bicyclic) bond motifs is 1. The first-order valence-electron chi connectivity index (χ1n) is 5.98. The van der Waals surface area contributed by atoms with Crippen LogP contribution in [0.15, 0.2) is 30.7 Å². The van der Waals surface area contributed by atoms with Crippen molar-refractivity contribution < 1.29 is 9.47 Å². The lowest BCUT2D eigenvalue weighted by Gasteiger charge is -2.05. The number of imidazole rings is 1. The van der Waals surface area contributed by atoms with E-state index in [-0.39, 0.29) is 0 Å². The SMILES string of the molecule is c1ncc(CCNCc2ccc3c(c2)OCO3)[nH]1. The highest BCUT2D eigenvalue weighted by molar-refractivity contribution is 5.44. The van der Waals surface area contributed by atoms with Gasteiger partial charge in [0.2, 0.25) is 6.79 Å². The molecule has 3 rings (SSSR count). The van der Waals surface area contributed by atoms with Crippen molar-refractivity contribution in [2.24, 2.45) is 0 Å². The van der Waals surface area contributed by atoms with E-state index in [1.54, 1.807) is 6.33 Å². The molecule has 0 saturated heterocycles. The van der Waals surface area contributed by atoms with E-state index >= 15 is 0 Å². The van der Waals surface area contributed by atoms with Gasteiger partial charge in [0.15, 0.2) is 11.5 Å². The van der Waals surface area contributed by atoms with Crippen LogP contribution < -0.4 is 14.8 Å². The van der Waals surface area contributed by atoms with Gasteiger partial charge >= 0.3 is 0 Å². The number of benzene rings is 1. The highest BCUT2D eigenvalue weighted by Gasteiger charge is 2.12. The molecule has 5 nitrogen and oxygen atoms in total. The van der Waals surface area contributed by atoms with Crippen molar-refractivity contribution in [2.45, 2.75) is 13.0 Å². The Morgan fingerprint density at radius 2 is 2.22 bits per heavy atom. The molecule has 2 aromatic rings. The number of nitrogens with one attached hydrogen (secondary N) is 2. The Labute approximate surface area is 105 Å². The predicted octanol–water partition coefficient (Wildman–Crippen LogP) is 1.47. The summed E-state index contributed by atoms with van der Waals surface area (Å²) >= 11 is 0. The molecule has 18 heavy (non-hydrogen) atoms. The summed E-state index contributed by atoms with van der Waals surface area (Å²) in [6, 6.07) is 6.02. The summed E-state index contributed by atoms with van der Waals surface area (Å²) in [4.78, 5) is 7.07. The second-order valence-electron chi connectivity index (χ2n) is 4.19. The van der Waals surface area contributed by atoms with Crippen LogP contribution in [0.3, 0.4) is 0 Å². The monoisotopic (exact) mass is 245 g/mol. The zero-order valence-electron chi connectivity index (χ0n) is 9.98. The Kier molecular flexibility index (Phi) is 3.14. The second kappa shape index (κ2) is 5.10. The summed E-state index contributed by atoms with van der Waals surface area (Å²) in [7, 11) is 0. The Morgan fingerprint density at radius 3 is 3.11 bits per heavy atom. The Balaban J connectivity index is 1.48. The van der Waals surface area contributed by atoms with E-state index in [4.69, 9.17) is 9.47 Å². The Bertz CT molecular complexity index is 511. The molecule has 0 atom stereocenters. The van der Waals surface area contributed by atoms with E-state index in [1.165, 1.54) is 5.56 Å². The van der Waals surface area contributed by atoms with Gasteiger partial charge in [-0.25, -0.2) is 4.98 Å². The summed E-state index contributed by atoms with van der Waals surface area (Å²) in [6.07, 6.45) is 4.50. The molecular formula is C13H15N3O2. The molecule has 0 unspecified atom stereocenters. The number of nitrogens with zero attached hydrogens (tertiary/aromatic N) is 1. The van der Waals surface area contributed by atoms with E-state index in [0.29, 0.717) is 6.79 Å². The fraction of sp³-hybridized carbons (Fsp3) is 0.308. The smallest absolute Gasteiger partial charge is 0.231 e. The predicted molar refractivity (Wildman–Crippen MR) is 66.6 cm³/mol. The van der Waals surface area contributed by atoms with Gasteiger partial charge in [0.25, 0.3) is 0 Å². The van der Waals surface area contributed by atoms with Crippen LogP contribution in [0.5, 0.6) is 11.5 Å². The van der Waals surface area contributed by atoms with Crippen LogP contribution in [-0.4, -0.2) is 23.3 Å². The first-order chi connectivity index (χ1) is 8.92. The second-order valence-corrected chi connectivity index (χ2v) is 4.19. The first-order valence-corrected chi connectivity index (χ1v) is 5.98. The molecule has 1 aromatic heterocycles.